The lowest BCUT2D eigenvalue weighted by atomic mass is 10.1. The van der Waals surface area contributed by atoms with Gasteiger partial charge in [0.15, 0.2) is 0 Å². The topological polar surface area (TPSA) is 66.8 Å². The number of sulfonamides is 1. The van der Waals surface area contributed by atoms with Crippen molar-refractivity contribution in [3.8, 4) is 0 Å². The molecule has 0 spiro atoms. The third-order valence-electron chi connectivity index (χ3n) is 4.26. The van der Waals surface area contributed by atoms with Gasteiger partial charge in [0.05, 0.1) is 23.6 Å². The van der Waals surface area contributed by atoms with Gasteiger partial charge in [0.1, 0.15) is 0 Å². The van der Waals surface area contributed by atoms with Crippen molar-refractivity contribution in [3.05, 3.63) is 28.8 Å². The van der Waals surface area contributed by atoms with E-state index in [9.17, 15) is 13.5 Å². The number of aryl methyl sites for hydroxylation is 2. The van der Waals surface area contributed by atoms with Crippen LogP contribution in [0.25, 0.3) is 0 Å². The summed E-state index contributed by atoms with van der Waals surface area (Å²) in [5.41, 5.74) is 2.24. The molecule has 1 aromatic carbocycles. The molecule has 0 bridgehead atoms. The molecule has 118 valence electrons. The summed E-state index contributed by atoms with van der Waals surface area (Å²) in [6, 6.07) is 3.24. The number of ether oxygens (including phenoxy) is 1. The second-order valence-corrected chi connectivity index (χ2v) is 7.62. The van der Waals surface area contributed by atoms with Crippen LogP contribution in [0.1, 0.15) is 30.0 Å². The van der Waals surface area contributed by atoms with Crippen LogP contribution in [0, 0.1) is 13.8 Å². The fourth-order valence-electron chi connectivity index (χ4n) is 2.85. The van der Waals surface area contributed by atoms with Gasteiger partial charge in [-0.25, -0.2) is 8.42 Å². The Morgan fingerprint density at radius 1 is 1.33 bits per heavy atom. The lowest BCUT2D eigenvalue weighted by Crippen LogP contribution is -2.41. The second kappa shape index (κ2) is 6.04. The molecule has 2 rings (SSSR count). The summed E-state index contributed by atoms with van der Waals surface area (Å²) in [4.78, 5) is 0.263. The van der Waals surface area contributed by atoms with Gasteiger partial charge in [-0.1, -0.05) is 6.07 Å². The van der Waals surface area contributed by atoms with Crippen LogP contribution < -0.4 is 0 Å². The van der Waals surface area contributed by atoms with E-state index in [1.54, 1.807) is 26.1 Å². The monoisotopic (exact) mass is 313 g/mol. The normalized spacial score (nSPS) is 23.0. The zero-order valence-electron chi connectivity index (χ0n) is 13.0. The number of hydrogen-bond donors (Lipinski definition) is 1. The molecule has 0 radical (unpaired) electrons. The van der Waals surface area contributed by atoms with Crippen molar-refractivity contribution < 1.29 is 18.3 Å². The van der Waals surface area contributed by atoms with Crippen molar-refractivity contribution in [2.45, 2.75) is 50.8 Å². The Kier molecular flexibility index (Phi) is 4.72. The van der Waals surface area contributed by atoms with E-state index in [0.29, 0.717) is 24.2 Å². The average molecular weight is 313 g/mol. The van der Waals surface area contributed by atoms with Gasteiger partial charge in [-0.05, 0) is 49.9 Å². The summed E-state index contributed by atoms with van der Waals surface area (Å²) in [6.07, 6.45) is 0.599. The zero-order valence-corrected chi connectivity index (χ0v) is 13.8. The molecule has 2 atom stereocenters. The molecule has 6 heteroatoms. The van der Waals surface area contributed by atoms with Gasteiger partial charge in [-0.2, -0.15) is 4.31 Å². The lowest BCUT2D eigenvalue weighted by molar-refractivity contribution is 0.102. The Labute approximate surface area is 126 Å². The van der Waals surface area contributed by atoms with Crippen molar-refractivity contribution >= 4 is 10.0 Å². The van der Waals surface area contributed by atoms with Crippen LogP contribution in [0.15, 0.2) is 17.0 Å². The molecule has 5 nitrogen and oxygen atoms in total. The third-order valence-corrected chi connectivity index (χ3v) is 6.29. The molecule has 1 N–H and O–H groups in total. The number of nitrogens with zero attached hydrogens (tertiary/aromatic N) is 1. The average Bonchev–Trinajstić information content (AvgIpc) is 2.83. The molecule has 1 aliphatic rings. The van der Waals surface area contributed by atoms with Gasteiger partial charge in [-0.15, -0.1) is 0 Å². The van der Waals surface area contributed by atoms with Crippen molar-refractivity contribution in [3.63, 3.8) is 0 Å². The highest BCUT2D eigenvalue weighted by Gasteiger charge is 2.36. The summed E-state index contributed by atoms with van der Waals surface area (Å²) in [5.74, 6) is 0. The van der Waals surface area contributed by atoms with Crippen LogP contribution in [-0.4, -0.2) is 43.6 Å². The second-order valence-electron chi connectivity index (χ2n) is 5.66. The van der Waals surface area contributed by atoms with Gasteiger partial charge in [-0.3, -0.25) is 0 Å². The van der Waals surface area contributed by atoms with E-state index in [0.717, 1.165) is 5.56 Å². The number of likely N-dealkylation sites (N-methyl/N-ethyl adjacent to an activating group) is 1. The molecule has 1 saturated heterocycles. The Morgan fingerprint density at radius 3 is 2.52 bits per heavy atom. The van der Waals surface area contributed by atoms with Crippen LogP contribution in [0.5, 0.6) is 0 Å². The van der Waals surface area contributed by atoms with Crippen LogP contribution in [0.2, 0.25) is 0 Å². The summed E-state index contributed by atoms with van der Waals surface area (Å²) in [6.45, 7) is 5.96. The highest BCUT2D eigenvalue weighted by atomic mass is 32.2. The minimum absolute atomic E-state index is 0.104. The van der Waals surface area contributed by atoms with E-state index in [4.69, 9.17) is 4.74 Å². The maximum Gasteiger partial charge on any atom is 0.243 e. The van der Waals surface area contributed by atoms with Gasteiger partial charge in [0.2, 0.25) is 10.0 Å². The van der Waals surface area contributed by atoms with E-state index in [1.807, 2.05) is 13.8 Å². The van der Waals surface area contributed by atoms with Crippen molar-refractivity contribution in [2.24, 2.45) is 0 Å². The Balaban J connectivity index is 2.44. The Bertz CT molecular complexity index is 627. The number of rotatable bonds is 4. The number of aliphatic hydroxyl groups is 1. The largest absolute Gasteiger partial charge is 0.392 e. The molecule has 1 aliphatic heterocycles. The van der Waals surface area contributed by atoms with E-state index in [-0.39, 0.29) is 23.6 Å². The first-order valence-electron chi connectivity index (χ1n) is 7.09. The minimum atomic E-state index is -3.59. The zero-order chi connectivity index (χ0) is 15.8. The summed E-state index contributed by atoms with van der Waals surface area (Å²) < 4.78 is 32.6. The quantitative estimate of drug-likeness (QED) is 0.917. The fourth-order valence-corrected chi connectivity index (χ4v) is 4.55. The molecule has 0 amide bonds. The molecule has 0 aliphatic carbocycles. The van der Waals surface area contributed by atoms with Crippen molar-refractivity contribution in [1.29, 1.82) is 0 Å². The van der Waals surface area contributed by atoms with Gasteiger partial charge >= 0.3 is 0 Å². The predicted octanol–water partition coefficient (Wildman–Crippen LogP) is 1.59. The summed E-state index contributed by atoms with van der Waals surface area (Å²) in [5, 5.41) is 9.36. The molecule has 0 saturated carbocycles. The molecular weight excluding hydrogens is 290 g/mol. The smallest absolute Gasteiger partial charge is 0.243 e. The van der Waals surface area contributed by atoms with Crippen molar-refractivity contribution in [1.82, 2.24) is 4.31 Å². The molecule has 1 fully saturated rings. The maximum absolute atomic E-state index is 12.9. The van der Waals surface area contributed by atoms with E-state index >= 15 is 0 Å². The minimum Gasteiger partial charge on any atom is -0.392 e. The molecular formula is C15H23NO4S. The molecule has 1 aromatic rings. The molecule has 2 unspecified atom stereocenters. The SMILES string of the molecule is Cc1cc(C)c(S(=O)(=O)N(C)C2CCOC2C)cc1CO. The first kappa shape index (κ1) is 16.4. The van der Waals surface area contributed by atoms with Gasteiger partial charge < -0.3 is 9.84 Å². The van der Waals surface area contributed by atoms with Gasteiger partial charge in [0.25, 0.3) is 0 Å². The predicted molar refractivity (Wildman–Crippen MR) is 80.6 cm³/mol. The van der Waals surface area contributed by atoms with E-state index in [2.05, 4.69) is 0 Å². The Hall–Kier alpha value is -0.950. The number of benzene rings is 1. The maximum atomic E-state index is 12.9. The summed E-state index contributed by atoms with van der Waals surface area (Å²) >= 11 is 0. The molecule has 0 aromatic heterocycles. The molecule has 21 heavy (non-hydrogen) atoms. The van der Waals surface area contributed by atoms with E-state index < -0.39 is 10.0 Å². The number of aliphatic hydroxyl groups excluding tert-OH is 1. The summed E-state index contributed by atoms with van der Waals surface area (Å²) in [7, 11) is -1.99. The van der Waals surface area contributed by atoms with Crippen molar-refractivity contribution in [2.75, 3.05) is 13.7 Å². The highest BCUT2D eigenvalue weighted by Crippen LogP contribution is 2.28. The number of hydrogen-bond acceptors (Lipinski definition) is 4. The van der Waals surface area contributed by atoms with Crippen LogP contribution >= 0.6 is 0 Å². The van der Waals surface area contributed by atoms with Crippen LogP contribution in [0.3, 0.4) is 0 Å². The fraction of sp³-hybridized carbons (Fsp3) is 0.600. The lowest BCUT2D eigenvalue weighted by Gasteiger charge is -2.27. The van der Waals surface area contributed by atoms with Crippen LogP contribution in [-0.2, 0) is 21.4 Å². The first-order valence-corrected chi connectivity index (χ1v) is 8.53. The first-order chi connectivity index (χ1) is 9.78. The van der Waals surface area contributed by atoms with E-state index in [1.165, 1.54) is 4.31 Å². The van der Waals surface area contributed by atoms with Crippen LogP contribution in [0.4, 0.5) is 0 Å². The third kappa shape index (κ3) is 2.99. The standard InChI is InChI=1S/C15H23NO4S/c1-10-7-11(2)15(8-13(10)9-17)21(18,19)16(4)14-5-6-20-12(14)3/h7-8,12,14,17H,5-6,9H2,1-4H3. The highest BCUT2D eigenvalue weighted by molar-refractivity contribution is 7.89. The molecule has 1 heterocycles. The Morgan fingerprint density at radius 2 is 2.00 bits per heavy atom. The van der Waals surface area contributed by atoms with Gasteiger partial charge in [0, 0.05) is 13.7 Å².